The summed E-state index contributed by atoms with van der Waals surface area (Å²) in [6, 6.07) is 4.34. The summed E-state index contributed by atoms with van der Waals surface area (Å²) in [5, 5.41) is 3.52. The van der Waals surface area contributed by atoms with Crippen molar-refractivity contribution in [2.24, 2.45) is 0 Å². The Hall–Kier alpha value is -2.48. The molecule has 0 saturated carbocycles. The summed E-state index contributed by atoms with van der Waals surface area (Å²) < 4.78 is 5.11. The summed E-state index contributed by atoms with van der Waals surface area (Å²) in [5.41, 5.74) is 0. The van der Waals surface area contributed by atoms with Crippen molar-refractivity contribution < 1.29 is 4.74 Å². The summed E-state index contributed by atoms with van der Waals surface area (Å²) in [4.78, 5) is 21.6. The maximum absolute atomic E-state index is 5.11. The predicted molar refractivity (Wildman–Crippen MR) is 98.0 cm³/mol. The van der Waals surface area contributed by atoms with E-state index in [2.05, 4.69) is 30.2 Å². The summed E-state index contributed by atoms with van der Waals surface area (Å²) >= 11 is 0. The Bertz CT molecular complexity index is 686. The Labute approximate surface area is 148 Å². The molecule has 0 aromatic carbocycles. The average molecular weight is 343 g/mol. The molecule has 1 N–H and O–H groups in total. The maximum Gasteiger partial charge on any atom is 0.156 e. The van der Waals surface area contributed by atoms with Gasteiger partial charge in [-0.25, -0.2) is 19.9 Å². The molecule has 0 aliphatic carbocycles. The van der Waals surface area contributed by atoms with Crippen LogP contribution in [0.5, 0.6) is 0 Å². The normalized spacial score (nSPS) is 15.2. The Morgan fingerprint density at radius 1 is 1.24 bits per heavy atom. The molecule has 3 rings (SSSR count). The van der Waals surface area contributed by atoms with Gasteiger partial charge in [-0.1, -0.05) is 0 Å². The molecule has 2 aromatic rings. The van der Waals surface area contributed by atoms with Crippen LogP contribution in [0.2, 0.25) is 0 Å². The molecule has 0 atom stereocenters. The molecule has 134 valence electrons. The van der Waals surface area contributed by atoms with Gasteiger partial charge in [0, 0.05) is 52.6 Å². The summed E-state index contributed by atoms with van der Waals surface area (Å²) in [6.45, 7) is 2.34. The molecule has 0 spiro atoms. The number of nitrogens with zero attached hydrogens (tertiary/aromatic N) is 6. The first-order chi connectivity index (χ1) is 12.2. The zero-order valence-corrected chi connectivity index (χ0v) is 15.0. The highest BCUT2D eigenvalue weighted by Gasteiger charge is 2.21. The number of aromatic nitrogens is 4. The molecule has 8 heteroatoms. The third kappa shape index (κ3) is 4.54. The molecule has 2 aromatic heterocycles. The quantitative estimate of drug-likeness (QED) is 0.846. The van der Waals surface area contributed by atoms with Crippen LogP contribution in [0.3, 0.4) is 0 Å². The Morgan fingerprint density at radius 2 is 2.04 bits per heavy atom. The Morgan fingerprint density at radius 3 is 2.76 bits per heavy atom. The molecule has 1 aliphatic heterocycles. The van der Waals surface area contributed by atoms with Crippen molar-refractivity contribution >= 4 is 17.5 Å². The van der Waals surface area contributed by atoms with Crippen molar-refractivity contribution in [2.75, 3.05) is 49.4 Å². The summed E-state index contributed by atoms with van der Waals surface area (Å²) in [5.74, 6) is 3.47. The monoisotopic (exact) mass is 343 g/mol. The van der Waals surface area contributed by atoms with E-state index in [9.17, 15) is 0 Å². The third-order valence-electron chi connectivity index (χ3n) is 4.25. The number of hydrogen-bond acceptors (Lipinski definition) is 8. The molecule has 1 saturated heterocycles. The number of nitrogens with one attached hydrogen (secondary N) is 1. The largest absolute Gasteiger partial charge is 0.377 e. The first kappa shape index (κ1) is 17.3. The maximum atomic E-state index is 5.11. The van der Waals surface area contributed by atoms with E-state index in [-0.39, 0.29) is 0 Å². The number of ether oxygens (including phenoxy) is 1. The van der Waals surface area contributed by atoms with E-state index in [0.29, 0.717) is 12.6 Å². The van der Waals surface area contributed by atoms with E-state index in [1.807, 2.05) is 31.1 Å². The van der Waals surface area contributed by atoms with Gasteiger partial charge in [-0.3, -0.25) is 0 Å². The minimum absolute atomic E-state index is 0.404. The second kappa shape index (κ2) is 8.06. The van der Waals surface area contributed by atoms with Gasteiger partial charge in [-0.05, 0) is 18.9 Å². The highest BCUT2D eigenvalue weighted by Crippen LogP contribution is 2.21. The molecule has 8 nitrogen and oxygen atoms in total. The molecule has 0 unspecified atom stereocenters. The molecule has 25 heavy (non-hydrogen) atoms. The van der Waals surface area contributed by atoms with Gasteiger partial charge in [0.25, 0.3) is 0 Å². The van der Waals surface area contributed by atoms with Gasteiger partial charge in [-0.2, -0.15) is 0 Å². The molecule has 3 heterocycles. The first-order valence-corrected chi connectivity index (χ1v) is 8.47. The fourth-order valence-electron chi connectivity index (χ4n) is 2.90. The molecule has 0 bridgehead atoms. The van der Waals surface area contributed by atoms with Crippen molar-refractivity contribution in [2.45, 2.75) is 25.5 Å². The zero-order valence-electron chi connectivity index (χ0n) is 15.0. The van der Waals surface area contributed by atoms with Gasteiger partial charge in [-0.15, -0.1) is 0 Å². The SMILES string of the molecule is COCc1nccc(N2CCC(Nc3cc(N(C)C)ncn3)CC2)n1. The molecule has 1 aliphatic rings. The van der Waals surface area contributed by atoms with E-state index in [1.165, 1.54) is 0 Å². The predicted octanol–water partition coefficient (Wildman–Crippen LogP) is 1.56. The highest BCUT2D eigenvalue weighted by molar-refractivity contribution is 5.48. The van der Waals surface area contributed by atoms with Crippen LogP contribution in [-0.2, 0) is 11.3 Å². The van der Waals surface area contributed by atoms with Crippen LogP contribution < -0.4 is 15.1 Å². The lowest BCUT2D eigenvalue weighted by Gasteiger charge is -2.33. The number of piperidine rings is 1. The van der Waals surface area contributed by atoms with Crippen molar-refractivity contribution in [3.8, 4) is 0 Å². The van der Waals surface area contributed by atoms with Gasteiger partial charge in [0.05, 0.1) is 0 Å². The van der Waals surface area contributed by atoms with Crippen LogP contribution in [0.15, 0.2) is 24.7 Å². The van der Waals surface area contributed by atoms with Crippen molar-refractivity contribution in [1.29, 1.82) is 0 Å². The van der Waals surface area contributed by atoms with Gasteiger partial charge in [0.2, 0.25) is 0 Å². The van der Waals surface area contributed by atoms with E-state index in [0.717, 1.165) is 49.2 Å². The van der Waals surface area contributed by atoms with Crippen molar-refractivity contribution in [3.05, 3.63) is 30.5 Å². The van der Waals surface area contributed by atoms with Crippen LogP contribution in [0.4, 0.5) is 17.5 Å². The minimum atomic E-state index is 0.404. The second-order valence-electron chi connectivity index (χ2n) is 6.33. The minimum Gasteiger partial charge on any atom is -0.377 e. The van der Waals surface area contributed by atoms with Crippen LogP contribution in [0.25, 0.3) is 0 Å². The van der Waals surface area contributed by atoms with Crippen LogP contribution >= 0.6 is 0 Å². The lowest BCUT2D eigenvalue weighted by atomic mass is 10.1. The fourth-order valence-corrected chi connectivity index (χ4v) is 2.90. The van der Waals surface area contributed by atoms with Gasteiger partial charge in [0.15, 0.2) is 5.82 Å². The Kier molecular flexibility index (Phi) is 5.60. The molecule has 0 amide bonds. The summed E-state index contributed by atoms with van der Waals surface area (Å²) in [6.07, 6.45) is 5.46. The number of methoxy groups -OCH3 is 1. The average Bonchev–Trinajstić information content (AvgIpc) is 2.63. The van der Waals surface area contributed by atoms with Crippen molar-refractivity contribution in [3.63, 3.8) is 0 Å². The van der Waals surface area contributed by atoms with E-state index in [1.54, 1.807) is 19.6 Å². The first-order valence-electron chi connectivity index (χ1n) is 8.47. The standard InChI is InChI=1S/C17H25N7O/c1-23(2)17-10-14(19-12-20-17)21-13-5-8-24(9-6-13)16-4-7-18-15(22-16)11-25-3/h4,7,10,12-13H,5-6,8-9,11H2,1-3H3,(H,19,20,21). The van der Waals surface area contributed by atoms with Gasteiger partial charge >= 0.3 is 0 Å². The van der Waals surface area contributed by atoms with E-state index >= 15 is 0 Å². The summed E-state index contributed by atoms with van der Waals surface area (Å²) in [7, 11) is 5.61. The lowest BCUT2D eigenvalue weighted by molar-refractivity contribution is 0.178. The zero-order chi connectivity index (χ0) is 17.6. The van der Waals surface area contributed by atoms with Crippen LogP contribution in [-0.4, -0.2) is 60.3 Å². The number of hydrogen-bond donors (Lipinski definition) is 1. The van der Waals surface area contributed by atoms with Crippen molar-refractivity contribution in [1.82, 2.24) is 19.9 Å². The Balaban J connectivity index is 1.57. The molecular formula is C17H25N7O. The van der Waals surface area contributed by atoms with Crippen LogP contribution in [0, 0.1) is 0 Å². The molecular weight excluding hydrogens is 318 g/mol. The van der Waals surface area contributed by atoms with Gasteiger partial charge in [0.1, 0.15) is 30.4 Å². The smallest absolute Gasteiger partial charge is 0.156 e. The van der Waals surface area contributed by atoms with Crippen LogP contribution in [0.1, 0.15) is 18.7 Å². The lowest BCUT2D eigenvalue weighted by Crippen LogP contribution is -2.39. The topological polar surface area (TPSA) is 79.3 Å². The van der Waals surface area contributed by atoms with E-state index < -0.39 is 0 Å². The third-order valence-corrected chi connectivity index (χ3v) is 4.25. The number of anilines is 3. The molecule has 1 fully saturated rings. The number of rotatable bonds is 6. The highest BCUT2D eigenvalue weighted by atomic mass is 16.5. The van der Waals surface area contributed by atoms with Gasteiger partial charge < -0.3 is 19.9 Å². The molecule has 0 radical (unpaired) electrons. The fraction of sp³-hybridized carbons (Fsp3) is 0.529. The van der Waals surface area contributed by atoms with E-state index in [4.69, 9.17) is 4.74 Å². The second-order valence-corrected chi connectivity index (χ2v) is 6.33.